The number of nitrogens with zero attached hydrogens (tertiary/aromatic N) is 1. The second kappa shape index (κ2) is 7.63. The number of aliphatic hydroxyl groups excluding tert-OH is 1. The van der Waals surface area contributed by atoms with Crippen LogP contribution in [-0.2, 0) is 4.79 Å². The lowest BCUT2D eigenvalue weighted by Gasteiger charge is -2.39. The molecule has 1 heterocycles. The van der Waals surface area contributed by atoms with Gasteiger partial charge in [0.15, 0.2) is 0 Å². The first-order chi connectivity index (χ1) is 12.0. The Labute approximate surface area is 151 Å². The van der Waals surface area contributed by atoms with Gasteiger partial charge in [-0.25, -0.2) is 0 Å². The van der Waals surface area contributed by atoms with Gasteiger partial charge in [-0.05, 0) is 36.3 Å². The summed E-state index contributed by atoms with van der Waals surface area (Å²) in [7, 11) is 0. The molecule has 1 aromatic rings. The summed E-state index contributed by atoms with van der Waals surface area (Å²) >= 11 is 0. The summed E-state index contributed by atoms with van der Waals surface area (Å²) in [5.74, 6) is 1.46. The Kier molecular flexibility index (Phi) is 5.51. The molecule has 25 heavy (non-hydrogen) atoms. The predicted molar refractivity (Wildman–Crippen MR) is 102 cm³/mol. The van der Waals surface area contributed by atoms with E-state index >= 15 is 0 Å². The summed E-state index contributed by atoms with van der Waals surface area (Å²) in [6.45, 7) is 9.53. The second-order valence-electron chi connectivity index (χ2n) is 8.17. The van der Waals surface area contributed by atoms with Crippen LogP contribution >= 0.6 is 0 Å². The minimum Gasteiger partial charge on any atom is -0.513 e. The molecule has 2 aliphatic rings. The minimum atomic E-state index is -0.0196. The van der Waals surface area contributed by atoms with Crippen molar-refractivity contribution in [3.05, 3.63) is 47.7 Å². The molecule has 1 N–H and O–H groups in total. The van der Waals surface area contributed by atoms with Crippen LogP contribution in [0.1, 0.15) is 68.9 Å². The van der Waals surface area contributed by atoms with Crippen molar-refractivity contribution in [3.8, 4) is 0 Å². The Bertz CT molecular complexity index is 613. The number of carbonyl (C=O) groups is 1. The summed E-state index contributed by atoms with van der Waals surface area (Å²) in [6, 6.07) is 8.78. The van der Waals surface area contributed by atoms with Crippen LogP contribution in [0.4, 0.5) is 0 Å². The van der Waals surface area contributed by atoms with Crippen LogP contribution in [-0.4, -0.2) is 29.0 Å². The van der Waals surface area contributed by atoms with Crippen LogP contribution in [0.15, 0.2) is 36.6 Å². The number of hydrogen-bond donors (Lipinski definition) is 1. The quantitative estimate of drug-likeness (QED) is 0.783. The number of hydrogen-bond acceptors (Lipinski definition) is 2. The maximum Gasteiger partial charge on any atom is 0.225 e. The van der Waals surface area contributed by atoms with Crippen molar-refractivity contribution in [2.24, 2.45) is 11.8 Å². The summed E-state index contributed by atoms with van der Waals surface area (Å²) in [5, 5.41) is 9.99. The normalized spacial score (nSPS) is 24.7. The molecule has 1 aliphatic heterocycles. The molecule has 3 rings (SSSR count). The first-order valence-corrected chi connectivity index (χ1v) is 9.72. The van der Waals surface area contributed by atoms with E-state index in [9.17, 15) is 9.90 Å². The third-order valence-electron chi connectivity index (χ3n) is 6.01. The molecule has 0 bridgehead atoms. The van der Waals surface area contributed by atoms with Crippen molar-refractivity contribution in [1.29, 1.82) is 0 Å². The maximum atomic E-state index is 12.9. The van der Waals surface area contributed by atoms with E-state index in [0.717, 1.165) is 25.8 Å². The number of benzene rings is 1. The number of rotatable bonds is 4. The van der Waals surface area contributed by atoms with Crippen molar-refractivity contribution in [1.82, 2.24) is 4.90 Å². The molecule has 136 valence electrons. The van der Waals surface area contributed by atoms with Crippen LogP contribution in [0.25, 0.3) is 0 Å². The van der Waals surface area contributed by atoms with Crippen LogP contribution in [0.5, 0.6) is 0 Å². The molecule has 2 fully saturated rings. The smallest absolute Gasteiger partial charge is 0.225 e. The fourth-order valence-electron chi connectivity index (χ4n) is 4.35. The number of amides is 1. The molecule has 2 unspecified atom stereocenters. The van der Waals surface area contributed by atoms with Gasteiger partial charge in [0.05, 0.1) is 5.76 Å². The van der Waals surface area contributed by atoms with Gasteiger partial charge in [0.1, 0.15) is 0 Å². The zero-order chi connectivity index (χ0) is 18.0. The largest absolute Gasteiger partial charge is 0.513 e. The van der Waals surface area contributed by atoms with Gasteiger partial charge in [-0.3, -0.25) is 4.79 Å². The lowest BCUT2D eigenvalue weighted by Crippen LogP contribution is -2.45. The lowest BCUT2D eigenvalue weighted by molar-refractivity contribution is -0.137. The number of carbonyl (C=O) groups excluding carboxylic acids is 1. The summed E-state index contributed by atoms with van der Waals surface area (Å²) < 4.78 is 0. The highest BCUT2D eigenvalue weighted by Crippen LogP contribution is 2.35. The monoisotopic (exact) mass is 341 g/mol. The Balaban J connectivity index is 1.78. The van der Waals surface area contributed by atoms with Gasteiger partial charge in [0.25, 0.3) is 0 Å². The van der Waals surface area contributed by atoms with Gasteiger partial charge in [0, 0.05) is 30.8 Å². The van der Waals surface area contributed by atoms with Crippen LogP contribution in [0.3, 0.4) is 0 Å². The molecular weight excluding hydrogens is 310 g/mol. The molecule has 0 aromatic heterocycles. The molecule has 1 saturated heterocycles. The van der Waals surface area contributed by atoms with Gasteiger partial charge < -0.3 is 10.0 Å². The Morgan fingerprint density at radius 1 is 1.12 bits per heavy atom. The average Bonchev–Trinajstić information content (AvgIpc) is 3.15. The molecule has 0 radical (unpaired) electrons. The van der Waals surface area contributed by atoms with Gasteiger partial charge in [-0.2, -0.15) is 0 Å². The zero-order valence-electron chi connectivity index (χ0n) is 15.6. The summed E-state index contributed by atoms with van der Waals surface area (Å²) in [6.07, 6.45) is 5.24. The Morgan fingerprint density at radius 3 is 2.32 bits per heavy atom. The Morgan fingerprint density at radius 2 is 1.76 bits per heavy atom. The van der Waals surface area contributed by atoms with E-state index in [1.165, 1.54) is 24.0 Å². The predicted octanol–water partition coefficient (Wildman–Crippen LogP) is 5.00. The average molecular weight is 341 g/mol. The fraction of sp³-hybridized carbons (Fsp3) is 0.591. The van der Waals surface area contributed by atoms with E-state index < -0.39 is 0 Å². The zero-order valence-corrected chi connectivity index (χ0v) is 15.6. The molecular formula is C22H31NO2. The van der Waals surface area contributed by atoms with E-state index in [1.54, 1.807) is 0 Å². The standard InChI is InChI=1S/C22H31NO2/c1-15(2)17-8-10-18(11-9-17)21-12-20(16(3)24)13-23(14-21)22(25)19-6-4-5-7-19/h8-11,15,19-21,24H,3-7,12-14H2,1-2H3. The van der Waals surface area contributed by atoms with E-state index in [0.29, 0.717) is 12.5 Å². The SMILES string of the molecule is C=C(O)C1CC(c2ccc(C(C)C)cc2)CN(C(=O)C2CCCC2)C1. The van der Waals surface area contributed by atoms with Gasteiger partial charge >= 0.3 is 0 Å². The highest BCUT2D eigenvalue weighted by Gasteiger charge is 2.35. The van der Waals surface area contributed by atoms with Gasteiger partial charge in [-0.15, -0.1) is 0 Å². The van der Waals surface area contributed by atoms with Crippen molar-refractivity contribution in [2.75, 3.05) is 13.1 Å². The highest BCUT2D eigenvalue weighted by atomic mass is 16.3. The topological polar surface area (TPSA) is 40.5 Å². The number of piperidine rings is 1. The van der Waals surface area contributed by atoms with Crippen molar-refractivity contribution in [2.45, 2.75) is 57.8 Å². The van der Waals surface area contributed by atoms with Crippen LogP contribution < -0.4 is 0 Å². The summed E-state index contributed by atoms with van der Waals surface area (Å²) in [4.78, 5) is 14.9. The molecule has 3 nitrogen and oxygen atoms in total. The third kappa shape index (κ3) is 4.08. The molecule has 1 amide bonds. The minimum absolute atomic E-state index is 0.0196. The van der Waals surface area contributed by atoms with Crippen LogP contribution in [0.2, 0.25) is 0 Å². The first-order valence-electron chi connectivity index (χ1n) is 9.72. The molecule has 2 atom stereocenters. The van der Waals surface area contributed by atoms with Gasteiger partial charge in [0.2, 0.25) is 5.91 Å². The summed E-state index contributed by atoms with van der Waals surface area (Å²) in [5.41, 5.74) is 2.60. The van der Waals surface area contributed by atoms with Gasteiger partial charge in [-0.1, -0.05) is 57.5 Å². The Hall–Kier alpha value is -1.77. The van der Waals surface area contributed by atoms with Crippen molar-refractivity contribution in [3.63, 3.8) is 0 Å². The van der Waals surface area contributed by atoms with E-state index in [1.807, 2.05) is 4.90 Å². The maximum absolute atomic E-state index is 12.9. The fourth-order valence-corrected chi connectivity index (χ4v) is 4.35. The first kappa shape index (κ1) is 18.0. The number of likely N-dealkylation sites (tertiary alicyclic amines) is 1. The third-order valence-corrected chi connectivity index (χ3v) is 6.01. The van der Waals surface area contributed by atoms with Crippen molar-refractivity contribution < 1.29 is 9.90 Å². The molecule has 3 heteroatoms. The van der Waals surface area contributed by atoms with Crippen molar-refractivity contribution >= 4 is 5.91 Å². The molecule has 1 aromatic carbocycles. The number of aliphatic hydroxyl groups is 1. The molecule has 1 saturated carbocycles. The highest BCUT2D eigenvalue weighted by molar-refractivity contribution is 5.79. The second-order valence-corrected chi connectivity index (χ2v) is 8.17. The molecule has 0 spiro atoms. The molecule has 1 aliphatic carbocycles. The van der Waals surface area contributed by atoms with E-state index in [-0.39, 0.29) is 29.4 Å². The van der Waals surface area contributed by atoms with Crippen LogP contribution in [0, 0.1) is 11.8 Å². The van der Waals surface area contributed by atoms with E-state index in [2.05, 4.69) is 44.7 Å². The van der Waals surface area contributed by atoms with E-state index in [4.69, 9.17) is 0 Å². The lowest BCUT2D eigenvalue weighted by atomic mass is 9.82.